The molecular formula is C13H18N2O. The van der Waals surface area contributed by atoms with E-state index in [9.17, 15) is 4.79 Å². The van der Waals surface area contributed by atoms with E-state index in [2.05, 4.69) is 23.7 Å². The summed E-state index contributed by atoms with van der Waals surface area (Å²) in [5, 5.41) is 0. The number of aldehydes is 1. The lowest BCUT2D eigenvalue weighted by Crippen LogP contribution is -2.41. The van der Waals surface area contributed by atoms with Crippen LogP contribution in [-0.4, -0.2) is 23.9 Å². The molecule has 1 saturated heterocycles. The highest BCUT2D eigenvalue weighted by molar-refractivity contribution is 5.74. The van der Waals surface area contributed by atoms with E-state index in [0.29, 0.717) is 11.6 Å². The van der Waals surface area contributed by atoms with Gasteiger partial charge < -0.3 is 4.90 Å². The first kappa shape index (κ1) is 11.1. The van der Waals surface area contributed by atoms with Gasteiger partial charge in [0.05, 0.1) is 0 Å². The summed E-state index contributed by atoms with van der Waals surface area (Å²) in [7, 11) is 0. The number of rotatable bonds is 2. The fourth-order valence-electron chi connectivity index (χ4n) is 2.25. The van der Waals surface area contributed by atoms with Crippen LogP contribution >= 0.6 is 0 Å². The van der Waals surface area contributed by atoms with Crippen molar-refractivity contribution < 1.29 is 4.79 Å². The summed E-state index contributed by atoms with van der Waals surface area (Å²) in [5.41, 5.74) is 0.640. The van der Waals surface area contributed by atoms with Crippen LogP contribution in [0.2, 0.25) is 0 Å². The maximum Gasteiger partial charge on any atom is 0.151 e. The van der Waals surface area contributed by atoms with Crippen LogP contribution in [0.15, 0.2) is 18.3 Å². The summed E-state index contributed by atoms with van der Waals surface area (Å²) >= 11 is 0. The molecule has 86 valence electrons. The lowest BCUT2D eigenvalue weighted by atomic mass is 9.95. The van der Waals surface area contributed by atoms with Crippen LogP contribution in [0, 0.1) is 5.92 Å². The fourth-order valence-corrected chi connectivity index (χ4v) is 2.25. The maximum absolute atomic E-state index is 10.6. The van der Waals surface area contributed by atoms with Gasteiger partial charge in [-0.15, -0.1) is 0 Å². The summed E-state index contributed by atoms with van der Waals surface area (Å²) in [6, 6.07) is 4.32. The van der Waals surface area contributed by atoms with Gasteiger partial charge in [-0.3, -0.25) is 4.79 Å². The number of nitrogens with zero attached hydrogens (tertiary/aromatic N) is 2. The second kappa shape index (κ2) is 4.64. The molecule has 3 heteroatoms. The van der Waals surface area contributed by atoms with Crippen molar-refractivity contribution >= 4 is 12.1 Å². The molecule has 0 spiro atoms. The third kappa shape index (κ3) is 2.23. The third-order valence-corrected chi connectivity index (χ3v) is 3.32. The Labute approximate surface area is 96.5 Å². The standard InChI is InChI=1S/C13H18N2O/c1-10-3-4-11(2)15(8-10)13-6-5-12(9-16)7-14-13/h5-7,9-11H,3-4,8H2,1-2H3. The Balaban J connectivity index is 2.17. The fraction of sp³-hybridized carbons (Fsp3) is 0.538. The number of pyridine rings is 1. The Bertz CT molecular complexity index is 361. The molecule has 1 aromatic rings. The first-order valence-electron chi connectivity index (χ1n) is 5.88. The van der Waals surface area contributed by atoms with E-state index in [4.69, 9.17) is 0 Å². The van der Waals surface area contributed by atoms with Crippen LogP contribution in [0.4, 0.5) is 5.82 Å². The number of carbonyl (C=O) groups is 1. The Morgan fingerprint density at radius 3 is 2.81 bits per heavy atom. The van der Waals surface area contributed by atoms with Gasteiger partial charge in [-0.25, -0.2) is 4.98 Å². The quantitative estimate of drug-likeness (QED) is 0.715. The predicted octanol–water partition coefficient (Wildman–Crippen LogP) is 2.52. The monoisotopic (exact) mass is 218 g/mol. The molecule has 3 nitrogen and oxygen atoms in total. The smallest absolute Gasteiger partial charge is 0.151 e. The molecule has 1 aliphatic heterocycles. The highest BCUT2D eigenvalue weighted by Gasteiger charge is 2.23. The second-order valence-corrected chi connectivity index (χ2v) is 4.75. The highest BCUT2D eigenvalue weighted by Crippen LogP contribution is 2.25. The van der Waals surface area contributed by atoms with Crippen molar-refractivity contribution in [2.24, 2.45) is 5.92 Å². The van der Waals surface area contributed by atoms with Crippen LogP contribution in [0.1, 0.15) is 37.0 Å². The zero-order valence-corrected chi connectivity index (χ0v) is 9.89. The van der Waals surface area contributed by atoms with Crippen LogP contribution < -0.4 is 4.90 Å². The van der Waals surface area contributed by atoms with Gasteiger partial charge in [-0.1, -0.05) is 6.92 Å². The molecule has 0 radical (unpaired) electrons. The summed E-state index contributed by atoms with van der Waals surface area (Å²) < 4.78 is 0. The summed E-state index contributed by atoms with van der Waals surface area (Å²) in [4.78, 5) is 17.2. The van der Waals surface area contributed by atoms with E-state index in [1.165, 1.54) is 12.8 Å². The van der Waals surface area contributed by atoms with Crippen LogP contribution in [0.5, 0.6) is 0 Å². The summed E-state index contributed by atoms with van der Waals surface area (Å²) in [5.74, 6) is 1.72. The molecule has 1 aliphatic rings. The highest BCUT2D eigenvalue weighted by atomic mass is 16.1. The van der Waals surface area contributed by atoms with Crippen molar-refractivity contribution in [1.29, 1.82) is 0 Å². The van der Waals surface area contributed by atoms with Gasteiger partial charge >= 0.3 is 0 Å². The van der Waals surface area contributed by atoms with Crippen LogP contribution in [0.3, 0.4) is 0 Å². The van der Waals surface area contributed by atoms with Gasteiger partial charge in [0.2, 0.25) is 0 Å². The minimum absolute atomic E-state index is 0.547. The summed E-state index contributed by atoms with van der Waals surface area (Å²) in [6.45, 7) is 5.58. The van der Waals surface area contributed by atoms with Gasteiger partial charge in [0, 0.05) is 24.3 Å². The number of hydrogen-bond donors (Lipinski definition) is 0. The minimum Gasteiger partial charge on any atom is -0.354 e. The van der Waals surface area contributed by atoms with Gasteiger partial charge in [-0.05, 0) is 37.8 Å². The topological polar surface area (TPSA) is 33.2 Å². The van der Waals surface area contributed by atoms with Crippen LogP contribution in [0.25, 0.3) is 0 Å². The number of anilines is 1. The van der Waals surface area contributed by atoms with E-state index < -0.39 is 0 Å². The Morgan fingerprint density at radius 2 is 2.19 bits per heavy atom. The molecule has 0 amide bonds. The van der Waals surface area contributed by atoms with Crippen molar-refractivity contribution in [3.63, 3.8) is 0 Å². The predicted molar refractivity (Wildman–Crippen MR) is 64.8 cm³/mol. The van der Waals surface area contributed by atoms with Crippen molar-refractivity contribution in [2.45, 2.75) is 32.7 Å². The van der Waals surface area contributed by atoms with Gasteiger partial charge in [0.25, 0.3) is 0 Å². The normalized spacial score (nSPS) is 25.5. The lowest BCUT2D eigenvalue weighted by Gasteiger charge is -2.37. The van der Waals surface area contributed by atoms with E-state index in [1.54, 1.807) is 6.20 Å². The molecule has 0 aliphatic carbocycles. The zero-order chi connectivity index (χ0) is 11.5. The minimum atomic E-state index is 0.547. The van der Waals surface area contributed by atoms with E-state index >= 15 is 0 Å². The molecule has 1 fully saturated rings. The Kier molecular flexibility index (Phi) is 3.22. The molecule has 16 heavy (non-hydrogen) atoms. The number of hydrogen-bond acceptors (Lipinski definition) is 3. The van der Waals surface area contributed by atoms with E-state index in [-0.39, 0.29) is 0 Å². The third-order valence-electron chi connectivity index (χ3n) is 3.32. The number of piperidine rings is 1. The van der Waals surface area contributed by atoms with E-state index in [0.717, 1.165) is 24.6 Å². The zero-order valence-electron chi connectivity index (χ0n) is 9.89. The molecule has 0 bridgehead atoms. The van der Waals surface area contributed by atoms with Gasteiger partial charge in [0.1, 0.15) is 5.82 Å². The average molecular weight is 218 g/mol. The van der Waals surface area contributed by atoms with Crippen molar-refractivity contribution in [3.05, 3.63) is 23.9 Å². The van der Waals surface area contributed by atoms with Gasteiger partial charge in [-0.2, -0.15) is 0 Å². The molecule has 0 saturated carbocycles. The van der Waals surface area contributed by atoms with Gasteiger partial charge in [0.15, 0.2) is 6.29 Å². The molecule has 2 rings (SSSR count). The van der Waals surface area contributed by atoms with Crippen molar-refractivity contribution in [3.8, 4) is 0 Å². The second-order valence-electron chi connectivity index (χ2n) is 4.75. The first-order valence-corrected chi connectivity index (χ1v) is 5.88. The summed E-state index contributed by atoms with van der Waals surface area (Å²) in [6.07, 6.45) is 5.00. The lowest BCUT2D eigenvalue weighted by molar-refractivity contribution is 0.112. The van der Waals surface area contributed by atoms with Crippen molar-refractivity contribution in [1.82, 2.24) is 4.98 Å². The number of aromatic nitrogens is 1. The average Bonchev–Trinajstić information content (AvgIpc) is 2.32. The first-order chi connectivity index (χ1) is 7.70. The van der Waals surface area contributed by atoms with E-state index in [1.807, 2.05) is 12.1 Å². The maximum atomic E-state index is 10.6. The molecule has 2 unspecified atom stereocenters. The number of carbonyl (C=O) groups excluding carboxylic acids is 1. The molecular weight excluding hydrogens is 200 g/mol. The largest absolute Gasteiger partial charge is 0.354 e. The molecule has 2 heterocycles. The Morgan fingerprint density at radius 1 is 1.38 bits per heavy atom. The Hall–Kier alpha value is -1.38. The molecule has 0 aromatic carbocycles. The SMILES string of the molecule is CC1CCC(C)N(c2ccc(C=O)cn2)C1. The molecule has 2 atom stereocenters. The van der Waals surface area contributed by atoms with Crippen LogP contribution in [-0.2, 0) is 0 Å². The molecule has 0 N–H and O–H groups in total. The molecule has 1 aromatic heterocycles. The van der Waals surface area contributed by atoms with Crippen molar-refractivity contribution in [2.75, 3.05) is 11.4 Å².